The second-order valence-electron chi connectivity index (χ2n) is 3.43. The summed E-state index contributed by atoms with van der Waals surface area (Å²) in [5, 5.41) is 0. The van der Waals surface area contributed by atoms with Gasteiger partial charge in [-0.2, -0.15) is 0 Å². The van der Waals surface area contributed by atoms with Crippen molar-refractivity contribution >= 4 is 11.9 Å². The van der Waals surface area contributed by atoms with Crippen molar-refractivity contribution in [1.82, 2.24) is 4.57 Å². The van der Waals surface area contributed by atoms with Crippen LogP contribution in [0.3, 0.4) is 0 Å². The van der Waals surface area contributed by atoms with Gasteiger partial charge in [0, 0.05) is 27.0 Å². The molecule has 0 fully saturated rings. The number of hydrogen-bond donors (Lipinski definition) is 0. The van der Waals surface area contributed by atoms with E-state index < -0.39 is 17.5 Å². The molecule has 0 aliphatic heterocycles. The monoisotopic (exact) mass is 255 g/mol. The maximum Gasteiger partial charge on any atom is 0.309 e. The smallest absolute Gasteiger partial charge is 0.309 e. The summed E-state index contributed by atoms with van der Waals surface area (Å²) >= 11 is 0. The van der Waals surface area contributed by atoms with Gasteiger partial charge in [0.15, 0.2) is 5.75 Å². The Morgan fingerprint density at radius 3 is 2.17 bits per heavy atom. The van der Waals surface area contributed by atoms with Gasteiger partial charge in [0.1, 0.15) is 0 Å². The van der Waals surface area contributed by atoms with Crippen LogP contribution in [-0.2, 0) is 16.6 Å². The number of hydrogen-bond acceptors (Lipinski definition) is 6. The number of rotatable bonds is 3. The van der Waals surface area contributed by atoms with Crippen molar-refractivity contribution in [2.24, 2.45) is 7.05 Å². The Labute approximate surface area is 103 Å². The first-order chi connectivity index (χ1) is 8.36. The number of ether oxygens (including phenoxy) is 3. The predicted molar refractivity (Wildman–Crippen MR) is 60.9 cm³/mol. The Kier molecular flexibility index (Phi) is 4.09. The summed E-state index contributed by atoms with van der Waals surface area (Å²) in [6, 6.07) is 1.29. The zero-order valence-electron chi connectivity index (χ0n) is 10.5. The van der Waals surface area contributed by atoms with E-state index in [1.165, 1.54) is 34.1 Å². The first-order valence-corrected chi connectivity index (χ1v) is 5.01. The molecule has 0 unspecified atom stereocenters. The van der Waals surface area contributed by atoms with Gasteiger partial charge in [0.05, 0.1) is 7.11 Å². The van der Waals surface area contributed by atoms with Crippen molar-refractivity contribution in [3.05, 3.63) is 16.4 Å². The van der Waals surface area contributed by atoms with E-state index in [-0.39, 0.29) is 17.4 Å². The van der Waals surface area contributed by atoms with Crippen LogP contribution in [-0.4, -0.2) is 23.6 Å². The van der Waals surface area contributed by atoms with Gasteiger partial charge in [-0.15, -0.1) is 0 Å². The van der Waals surface area contributed by atoms with Crippen LogP contribution in [0.25, 0.3) is 0 Å². The fourth-order valence-corrected chi connectivity index (χ4v) is 1.27. The highest BCUT2D eigenvalue weighted by Crippen LogP contribution is 2.27. The predicted octanol–water partition coefficient (Wildman–Crippen LogP) is 0.245. The summed E-state index contributed by atoms with van der Waals surface area (Å²) < 4.78 is 15.6. The van der Waals surface area contributed by atoms with Gasteiger partial charge in [-0.3, -0.25) is 19.0 Å². The van der Waals surface area contributed by atoms with Crippen molar-refractivity contribution in [3.63, 3.8) is 0 Å². The van der Waals surface area contributed by atoms with Crippen LogP contribution >= 0.6 is 0 Å². The molecule has 0 aliphatic carbocycles. The minimum Gasteiger partial charge on any atom is -0.492 e. The standard InChI is InChI=1S/C11H13NO6/c1-6(13)17-9-5-8(16-4)10(18-7(2)14)11(15)12(9)3/h5H,1-4H3. The topological polar surface area (TPSA) is 83.8 Å². The van der Waals surface area contributed by atoms with E-state index in [4.69, 9.17) is 14.2 Å². The lowest BCUT2D eigenvalue weighted by Gasteiger charge is -2.12. The van der Waals surface area contributed by atoms with Gasteiger partial charge in [-0.25, -0.2) is 0 Å². The van der Waals surface area contributed by atoms with Crippen LogP contribution in [0.4, 0.5) is 0 Å². The van der Waals surface area contributed by atoms with Crippen molar-refractivity contribution in [1.29, 1.82) is 0 Å². The molecule has 0 atom stereocenters. The normalized spacial score (nSPS) is 9.78. The molecule has 0 N–H and O–H groups in total. The Morgan fingerprint density at radius 2 is 1.72 bits per heavy atom. The number of aromatic nitrogens is 1. The summed E-state index contributed by atoms with van der Waals surface area (Å²) in [6.45, 7) is 2.37. The van der Waals surface area contributed by atoms with Crippen molar-refractivity contribution in [2.75, 3.05) is 7.11 Å². The molecule has 0 spiro atoms. The second-order valence-corrected chi connectivity index (χ2v) is 3.43. The molecule has 1 aromatic heterocycles. The Morgan fingerprint density at radius 1 is 1.17 bits per heavy atom. The van der Waals surface area contributed by atoms with Gasteiger partial charge >= 0.3 is 11.9 Å². The average Bonchev–Trinajstić information content (AvgIpc) is 2.27. The molecule has 1 heterocycles. The van der Waals surface area contributed by atoms with E-state index >= 15 is 0 Å². The fourth-order valence-electron chi connectivity index (χ4n) is 1.27. The first-order valence-electron chi connectivity index (χ1n) is 5.01. The minimum atomic E-state index is -0.648. The molecule has 1 rings (SSSR count). The van der Waals surface area contributed by atoms with Crippen molar-refractivity contribution < 1.29 is 23.8 Å². The zero-order valence-corrected chi connectivity index (χ0v) is 10.5. The molecule has 0 saturated carbocycles. The van der Waals surface area contributed by atoms with E-state index in [2.05, 4.69) is 0 Å². The highest BCUT2D eigenvalue weighted by Gasteiger charge is 2.18. The third-order valence-corrected chi connectivity index (χ3v) is 2.02. The van der Waals surface area contributed by atoms with Gasteiger partial charge in [0.2, 0.25) is 11.6 Å². The van der Waals surface area contributed by atoms with E-state index in [0.29, 0.717) is 0 Å². The molecule has 0 aliphatic rings. The number of pyridine rings is 1. The van der Waals surface area contributed by atoms with E-state index in [0.717, 1.165) is 4.57 Å². The number of esters is 2. The van der Waals surface area contributed by atoms with Crippen LogP contribution in [0.1, 0.15) is 13.8 Å². The van der Waals surface area contributed by atoms with Crippen LogP contribution in [0.15, 0.2) is 10.9 Å². The second kappa shape index (κ2) is 5.35. The summed E-state index contributed by atoms with van der Waals surface area (Å²) in [5.41, 5.74) is -0.638. The Balaban J connectivity index is 3.39. The van der Waals surface area contributed by atoms with Crippen LogP contribution < -0.4 is 19.8 Å². The lowest BCUT2D eigenvalue weighted by Crippen LogP contribution is -2.23. The van der Waals surface area contributed by atoms with Crippen LogP contribution in [0.2, 0.25) is 0 Å². The largest absolute Gasteiger partial charge is 0.492 e. The van der Waals surface area contributed by atoms with Gasteiger partial charge in [-0.05, 0) is 0 Å². The number of carbonyl (C=O) groups excluding carboxylic acids is 2. The molecular formula is C11H13NO6. The summed E-state index contributed by atoms with van der Waals surface area (Å²) in [4.78, 5) is 33.7. The van der Waals surface area contributed by atoms with Crippen LogP contribution in [0.5, 0.6) is 17.4 Å². The Hall–Kier alpha value is -2.31. The fraction of sp³-hybridized carbons (Fsp3) is 0.364. The highest BCUT2D eigenvalue weighted by molar-refractivity contribution is 5.71. The van der Waals surface area contributed by atoms with Crippen molar-refractivity contribution in [2.45, 2.75) is 13.8 Å². The number of nitrogens with zero attached hydrogens (tertiary/aromatic N) is 1. The molecule has 7 heteroatoms. The molecule has 0 amide bonds. The number of methoxy groups -OCH3 is 1. The lowest BCUT2D eigenvalue weighted by molar-refractivity contribution is -0.133. The molecule has 1 aromatic rings. The third-order valence-electron chi connectivity index (χ3n) is 2.02. The molecular weight excluding hydrogens is 242 g/mol. The lowest BCUT2D eigenvalue weighted by atomic mass is 10.4. The van der Waals surface area contributed by atoms with E-state index in [1.54, 1.807) is 0 Å². The molecule has 98 valence electrons. The summed E-state index contributed by atoms with van der Waals surface area (Å²) in [7, 11) is 2.69. The van der Waals surface area contributed by atoms with Gasteiger partial charge in [-0.1, -0.05) is 0 Å². The maximum absolute atomic E-state index is 11.9. The molecule has 0 aromatic carbocycles. The molecule has 0 bridgehead atoms. The van der Waals surface area contributed by atoms with Gasteiger partial charge in [0.25, 0.3) is 5.56 Å². The molecule has 18 heavy (non-hydrogen) atoms. The first kappa shape index (κ1) is 13.8. The minimum absolute atomic E-state index is 0.000233. The summed E-state index contributed by atoms with van der Waals surface area (Å²) in [6.07, 6.45) is 0. The molecule has 0 radical (unpaired) electrons. The molecule has 7 nitrogen and oxygen atoms in total. The summed E-state index contributed by atoms with van der Waals surface area (Å²) in [5.74, 6) is -1.45. The zero-order chi connectivity index (χ0) is 13.9. The number of carbonyl (C=O) groups is 2. The SMILES string of the molecule is COc1cc(OC(C)=O)n(C)c(=O)c1OC(C)=O. The van der Waals surface area contributed by atoms with E-state index in [1.807, 2.05) is 0 Å². The highest BCUT2D eigenvalue weighted by atomic mass is 16.6. The van der Waals surface area contributed by atoms with E-state index in [9.17, 15) is 14.4 Å². The quantitative estimate of drug-likeness (QED) is 0.719. The van der Waals surface area contributed by atoms with Gasteiger partial charge < -0.3 is 14.2 Å². The third kappa shape index (κ3) is 2.88. The van der Waals surface area contributed by atoms with Crippen LogP contribution in [0, 0.1) is 0 Å². The Bertz CT molecular complexity index is 545. The van der Waals surface area contributed by atoms with Crippen molar-refractivity contribution in [3.8, 4) is 17.4 Å². The molecule has 0 saturated heterocycles. The maximum atomic E-state index is 11.9. The average molecular weight is 255 g/mol.